The number of aromatic nitrogens is 2. The van der Waals surface area contributed by atoms with Crippen molar-refractivity contribution in [1.82, 2.24) is 15.3 Å². The predicted molar refractivity (Wildman–Crippen MR) is 62.8 cm³/mol. The lowest BCUT2D eigenvalue weighted by Gasteiger charge is -2.13. The second-order valence-electron chi connectivity index (χ2n) is 3.49. The number of carbonyl (C=O) groups is 1. The third-order valence-corrected chi connectivity index (χ3v) is 1.96. The lowest BCUT2D eigenvalue weighted by atomic mass is 10.3. The molecule has 0 aliphatic heterocycles. The molecular weight excluding hydrogens is 206 g/mol. The average Bonchev–Trinajstić information content (AvgIpc) is 2.25. The molecule has 4 N–H and O–H groups in total. The fourth-order valence-electron chi connectivity index (χ4n) is 1.14. The standard InChI is InChI=1S/C10H17N5O/c1-3-4-13-10(16)7(2)14-9-6-12-5-8(11)15-9/h5-7H,3-4H2,1-2H3,(H,13,16)(H3,11,14,15). The molecule has 1 aromatic rings. The van der Waals surface area contributed by atoms with E-state index < -0.39 is 0 Å². The molecule has 0 aliphatic carbocycles. The van der Waals surface area contributed by atoms with Crippen LogP contribution in [-0.4, -0.2) is 28.5 Å². The molecule has 0 radical (unpaired) electrons. The highest BCUT2D eigenvalue weighted by atomic mass is 16.2. The van der Waals surface area contributed by atoms with Crippen molar-refractivity contribution in [1.29, 1.82) is 0 Å². The van der Waals surface area contributed by atoms with Crippen molar-refractivity contribution in [3.05, 3.63) is 12.4 Å². The summed E-state index contributed by atoms with van der Waals surface area (Å²) in [5.41, 5.74) is 5.48. The van der Waals surface area contributed by atoms with Crippen LogP contribution in [0.25, 0.3) is 0 Å². The number of amides is 1. The van der Waals surface area contributed by atoms with Gasteiger partial charge in [-0.25, -0.2) is 4.98 Å². The van der Waals surface area contributed by atoms with Gasteiger partial charge in [0, 0.05) is 6.54 Å². The summed E-state index contributed by atoms with van der Waals surface area (Å²) >= 11 is 0. The van der Waals surface area contributed by atoms with Crippen LogP contribution in [-0.2, 0) is 4.79 Å². The Labute approximate surface area is 94.7 Å². The summed E-state index contributed by atoms with van der Waals surface area (Å²) in [7, 11) is 0. The van der Waals surface area contributed by atoms with Crippen LogP contribution in [0.15, 0.2) is 12.4 Å². The summed E-state index contributed by atoms with van der Waals surface area (Å²) in [4.78, 5) is 19.4. The van der Waals surface area contributed by atoms with Gasteiger partial charge in [-0.1, -0.05) is 6.92 Å². The van der Waals surface area contributed by atoms with Crippen LogP contribution in [0.5, 0.6) is 0 Å². The van der Waals surface area contributed by atoms with Gasteiger partial charge in [0.2, 0.25) is 5.91 Å². The minimum Gasteiger partial charge on any atom is -0.382 e. The Hall–Kier alpha value is -1.85. The molecule has 0 saturated heterocycles. The molecule has 0 saturated carbocycles. The van der Waals surface area contributed by atoms with Crippen LogP contribution in [0.1, 0.15) is 20.3 Å². The zero-order valence-corrected chi connectivity index (χ0v) is 9.53. The highest BCUT2D eigenvalue weighted by Crippen LogP contribution is 2.04. The summed E-state index contributed by atoms with van der Waals surface area (Å²) in [5.74, 6) is 0.761. The van der Waals surface area contributed by atoms with E-state index >= 15 is 0 Å². The molecule has 1 amide bonds. The van der Waals surface area contributed by atoms with Crippen LogP contribution < -0.4 is 16.4 Å². The van der Waals surface area contributed by atoms with Gasteiger partial charge in [-0.3, -0.25) is 9.78 Å². The molecule has 0 spiro atoms. The molecule has 1 atom stereocenters. The van der Waals surface area contributed by atoms with Gasteiger partial charge in [0.25, 0.3) is 0 Å². The third-order valence-electron chi connectivity index (χ3n) is 1.96. The molecule has 1 heterocycles. The Bertz CT molecular complexity index is 355. The Morgan fingerprint density at radius 1 is 1.56 bits per heavy atom. The quantitative estimate of drug-likeness (QED) is 0.671. The van der Waals surface area contributed by atoms with Gasteiger partial charge in [0.15, 0.2) is 0 Å². The number of carbonyl (C=O) groups excluding carboxylic acids is 1. The molecule has 1 unspecified atom stereocenters. The Balaban J connectivity index is 2.50. The SMILES string of the molecule is CCCNC(=O)C(C)Nc1cncc(N)n1. The number of hydrogen-bond acceptors (Lipinski definition) is 5. The molecule has 0 fully saturated rings. The van der Waals surface area contributed by atoms with Crippen molar-refractivity contribution in [3.8, 4) is 0 Å². The van der Waals surface area contributed by atoms with Gasteiger partial charge >= 0.3 is 0 Å². The molecule has 6 heteroatoms. The zero-order valence-electron chi connectivity index (χ0n) is 9.53. The summed E-state index contributed by atoms with van der Waals surface area (Å²) in [6.07, 6.45) is 3.89. The summed E-state index contributed by atoms with van der Waals surface area (Å²) in [6.45, 7) is 4.44. The minimum absolute atomic E-state index is 0.0638. The van der Waals surface area contributed by atoms with Gasteiger partial charge in [-0.05, 0) is 13.3 Å². The van der Waals surface area contributed by atoms with Crippen molar-refractivity contribution >= 4 is 17.5 Å². The second kappa shape index (κ2) is 5.89. The van der Waals surface area contributed by atoms with E-state index in [9.17, 15) is 4.79 Å². The lowest BCUT2D eigenvalue weighted by molar-refractivity contribution is -0.121. The monoisotopic (exact) mass is 223 g/mol. The van der Waals surface area contributed by atoms with Crippen LogP contribution in [0.4, 0.5) is 11.6 Å². The Morgan fingerprint density at radius 2 is 2.31 bits per heavy atom. The number of nitrogens with one attached hydrogen (secondary N) is 2. The van der Waals surface area contributed by atoms with E-state index in [2.05, 4.69) is 20.6 Å². The first kappa shape index (κ1) is 12.2. The molecule has 0 aliphatic rings. The topological polar surface area (TPSA) is 92.9 Å². The maximum absolute atomic E-state index is 11.5. The van der Waals surface area contributed by atoms with Crippen LogP contribution in [0.2, 0.25) is 0 Å². The molecule has 1 aromatic heterocycles. The van der Waals surface area contributed by atoms with E-state index in [0.29, 0.717) is 18.2 Å². The van der Waals surface area contributed by atoms with E-state index in [-0.39, 0.29) is 11.9 Å². The Morgan fingerprint density at radius 3 is 2.94 bits per heavy atom. The van der Waals surface area contributed by atoms with Gasteiger partial charge in [-0.2, -0.15) is 0 Å². The van der Waals surface area contributed by atoms with Gasteiger partial charge in [0.1, 0.15) is 17.7 Å². The second-order valence-corrected chi connectivity index (χ2v) is 3.49. The zero-order chi connectivity index (χ0) is 12.0. The highest BCUT2D eigenvalue weighted by molar-refractivity contribution is 5.83. The van der Waals surface area contributed by atoms with Crippen molar-refractivity contribution in [2.45, 2.75) is 26.3 Å². The van der Waals surface area contributed by atoms with Gasteiger partial charge < -0.3 is 16.4 Å². The van der Waals surface area contributed by atoms with E-state index in [0.717, 1.165) is 6.42 Å². The first-order chi connectivity index (χ1) is 7.63. The van der Waals surface area contributed by atoms with Crippen LogP contribution in [0, 0.1) is 0 Å². The molecule has 16 heavy (non-hydrogen) atoms. The maximum Gasteiger partial charge on any atom is 0.242 e. The fraction of sp³-hybridized carbons (Fsp3) is 0.500. The molecule has 6 nitrogen and oxygen atoms in total. The normalized spacial score (nSPS) is 11.9. The average molecular weight is 223 g/mol. The number of nitrogen functional groups attached to an aromatic ring is 1. The van der Waals surface area contributed by atoms with E-state index in [1.54, 1.807) is 6.92 Å². The number of hydrogen-bond donors (Lipinski definition) is 3. The smallest absolute Gasteiger partial charge is 0.242 e. The van der Waals surface area contributed by atoms with Crippen LogP contribution >= 0.6 is 0 Å². The van der Waals surface area contributed by atoms with E-state index in [1.807, 2.05) is 6.92 Å². The van der Waals surface area contributed by atoms with E-state index in [1.165, 1.54) is 12.4 Å². The van der Waals surface area contributed by atoms with Gasteiger partial charge in [-0.15, -0.1) is 0 Å². The number of nitrogens with two attached hydrogens (primary N) is 1. The van der Waals surface area contributed by atoms with Gasteiger partial charge in [0.05, 0.1) is 12.4 Å². The first-order valence-corrected chi connectivity index (χ1v) is 5.25. The molecule has 0 aromatic carbocycles. The number of rotatable bonds is 5. The molecule has 1 rings (SSSR count). The lowest BCUT2D eigenvalue weighted by Crippen LogP contribution is -2.38. The first-order valence-electron chi connectivity index (χ1n) is 5.25. The largest absolute Gasteiger partial charge is 0.382 e. The predicted octanol–water partition coefficient (Wildman–Crippen LogP) is 0.385. The minimum atomic E-state index is -0.359. The molecule has 0 bridgehead atoms. The van der Waals surface area contributed by atoms with Crippen molar-refractivity contribution < 1.29 is 4.79 Å². The highest BCUT2D eigenvalue weighted by Gasteiger charge is 2.12. The molecular formula is C10H17N5O. The third kappa shape index (κ3) is 3.72. The summed E-state index contributed by atoms with van der Waals surface area (Å²) in [5, 5.41) is 5.71. The van der Waals surface area contributed by atoms with Crippen molar-refractivity contribution in [2.24, 2.45) is 0 Å². The van der Waals surface area contributed by atoms with Crippen molar-refractivity contribution in [3.63, 3.8) is 0 Å². The number of anilines is 2. The van der Waals surface area contributed by atoms with Crippen molar-refractivity contribution in [2.75, 3.05) is 17.6 Å². The van der Waals surface area contributed by atoms with E-state index in [4.69, 9.17) is 5.73 Å². The molecule has 88 valence electrons. The maximum atomic E-state index is 11.5. The number of nitrogens with zero attached hydrogens (tertiary/aromatic N) is 2. The summed E-state index contributed by atoms with van der Waals surface area (Å²) in [6, 6.07) is -0.359. The Kier molecular flexibility index (Phi) is 4.50. The fourth-order valence-corrected chi connectivity index (χ4v) is 1.14. The summed E-state index contributed by atoms with van der Waals surface area (Å²) < 4.78 is 0. The van der Waals surface area contributed by atoms with Crippen LogP contribution in [0.3, 0.4) is 0 Å².